The summed E-state index contributed by atoms with van der Waals surface area (Å²) in [5.74, 6) is -2.64. The molecular formula is C10H16O4. The van der Waals surface area contributed by atoms with Crippen LogP contribution in [0.2, 0.25) is 0 Å². The van der Waals surface area contributed by atoms with Gasteiger partial charge in [-0.05, 0) is 25.7 Å². The Balaban J connectivity index is 2.86. The van der Waals surface area contributed by atoms with Crippen molar-refractivity contribution in [1.29, 1.82) is 0 Å². The Hall–Kier alpha value is -1.06. The van der Waals surface area contributed by atoms with Crippen LogP contribution in [0.5, 0.6) is 0 Å². The van der Waals surface area contributed by atoms with Gasteiger partial charge in [-0.1, -0.05) is 19.3 Å². The van der Waals surface area contributed by atoms with Crippen LogP contribution in [0.1, 0.15) is 39.0 Å². The lowest BCUT2D eigenvalue weighted by Gasteiger charge is -2.32. The molecule has 4 nitrogen and oxygen atoms in total. The SMILES string of the molecule is CC(C(=O)O)(C(=O)O)C1CCCCC1. The number of hydrogen-bond donors (Lipinski definition) is 2. The van der Waals surface area contributed by atoms with Gasteiger partial charge in [0.05, 0.1) is 0 Å². The van der Waals surface area contributed by atoms with Gasteiger partial charge < -0.3 is 10.2 Å². The Kier molecular flexibility index (Phi) is 3.13. The number of aliphatic carboxylic acids is 2. The maximum atomic E-state index is 11.0. The Morgan fingerprint density at radius 2 is 1.50 bits per heavy atom. The summed E-state index contributed by atoms with van der Waals surface area (Å²) in [6.07, 6.45) is 4.41. The predicted molar refractivity (Wildman–Crippen MR) is 50.0 cm³/mol. The first kappa shape index (κ1) is 11.0. The summed E-state index contributed by atoms with van der Waals surface area (Å²) in [4.78, 5) is 22.0. The lowest BCUT2D eigenvalue weighted by atomic mass is 9.70. The summed E-state index contributed by atoms with van der Waals surface area (Å²) >= 11 is 0. The van der Waals surface area contributed by atoms with Crippen LogP contribution in [0.4, 0.5) is 0 Å². The highest BCUT2D eigenvalue weighted by atomic mass is 16.4. The second-order valence-electron chi connectivity index (χ2n) is 4.15. The summed E-state index contributed by atoms with van der Waals surface area (Å²) in [6, 6.07) is 0. The van der Waals surface area contributed by atoms with E-state index < -0.39 is 17.4 Å². The monoisotopic (exact) mass is 200 g/mol. The summed E-state index contributed by atoms with van der Waals surface area (Å²) in [7, 11) is 0. The van der Waals surface area contributed by atoms with Gasteiger partial charge in [0, 0.05) is 0 Å². The van der Waals surface area contributed by atoms with E-state index in [1.807, 2.05) is 0 Å². The lowest BCUT2D eigenvalue weighted by Crippen LogP contribution is -2.43. The van der Waals surface area contributed by atoms with E-state index >= 15 is 0 Å². The van der Waals surface area contributed by atoms with Crippen LogP contribution >= 0.6 is 0 Å². The predicted octanol–water partition coefficient (Wildman–Crippen LogP) is 1.74. The smallest absolute Gasteiger partial charge is 0.321 e. The summed E-state index contributed by atoms with van der Waals surface area (Å²) < 4.78 is 0. The van der Waals surface area contributed by atoms with Crippen molar-refractivity contribution in [3.8, 4) is 0 Å². The number of carboxylic acid groups (broad SMARTS) is 2. The second kappa shape index (κ2) is 3.98. The Morgan fingerprint density at radius 1 is 1.07 bits per heavy atom. The first-order valence-electron chi connectivity index (χ1n) is 4.96. The van der Waals surface area contributed by atoms with Crippen LogP contribution in [0, 0.1) is 11.3 Å². The molecule has 80 valence electrons. The molecule has 14 heavy (non-hydrogen) atoms. The van der Waals surface area contributed by atoms with Gasteiger partial charge in [-0.15, -0.1) is 0 Å². The quantitative estimate of drug-likeness (QED) is 0.680. The maximum Gasteiger partial charge on any atom is 0.321 e. The molecule has 0 aliphatic heterocycles. The topological polar surface area (TPSA) is 74.6 Å². The first-order valence-corrected chi connectivity index (χ1v) is 4.96. The summed E-state index contributed by atoms with van der Waals surface area (Å²) in [5, 5.41) is 17.9. The third-order valence-corrected chi connectivity index (χ3v) is 3.31. The molecule has 0 spiro atoms. The van der Waals surface area contributed by atoms with Crippen molar-refractivity contribution in [2.24, 2.45) is 11.3 Å². The molecule has 1 rings (SSSR count). The molecule has 0 aromatic heterocycles. The molecule has 4 heteroatoms. The highest BCUT2D eigenvalue weighted by Crippen LogP contribution is 2.38. The van der Waals surface area contributed by atoms with E-state index in [1.165, 1.54) is 6.92 Å². The minimum atomic E-state index is -1.60. The molecule has 0 aromatic rings. The van der Waals surface area contributed by atoms with Crippen molar-refractivity contribution in [3.63, 3.8) is 0 Å². The standard InChI is InChI=1S/C10H16O4/c1-10(8(11)12,9(13)14)7-5-3-2-4-6-7/h7H,2-6H2,1H3,(H,11,12)(H,13,14). The Bertz CT molecular complexity index is 227. The second-order valence-corrected chi connectivity index (χ2v) is 4.15. The van der Waals surface area contributed by atoms with Gasteiger partial charge in [0.2, 0.25) is 0 Å². The van der Waals surface area contributed by atoms with Crippen molar-refractivity contribution < 1.29 is 19.8 Å². The summed E-state index contributed by atoms with van der Waals surface area (Å²) in [5.41, 5.74) is -1.60. The zero-order chi connectivity index (χ0) is 10.8. The lowest BCUT2D eigenvalue weighted by molar-refractivity contribution is -0.168. The van der Waals surface area contributed by atoms with Gasteiger partial charge in [-0.2, -0.15) is 0 Å². The van der Waals surface area contributed by atoms with Gasteiger partial charge in [-0.3, -0.25) is 9.59 Å². The first-order chi connectivity index (χ1) is 6.49. The average Bonchev–Trinajstić information content (AvgIpc) is 2.17. The van der Waals surface area contributed by atoms with E-state index in [9.17, 15) is 9.59 Å². The fourth-order valence-corrected chi connectivity index (χ4v) is 2.12. The molecular weight excluding hydrogens is 184 g/mol. The zero-order valence-electron chi connectivity index (χ0n) is 8.32. The molecule has 0 atom stereocenters. The molecule has 0 unspecified atom stereocenters. The molecule has 1 fully saturated rings. The average molecular weight is 200 g/mol. The third kappa shape index (κ3) is 1.74. The van der Waals surface area contributed by atoms with E-state index in [1.54, 1.807) is 0 Å². The van der Waals surface area contributed by atoms with Crippen molar-refractivity contribution in [1.82, 2.24) is 0 Å². The minimum Gasteiger partial charge on any atom is -0.480 e. The normalized spacial score (nSPS) is 19.2. The highest BCUT2D eigenvalue weighted by Gasteiger charge is 2.48. The van der Waals surface area contributed by atoms with Crippen molar-refractivity contribution in [2.45, 2.75) is 39.0 Å². The minimum absolute atomic E-state index is 0.216. The fraction of sp³-hybridized carbons (Fsp3) is 0.800. The van der Waals surface area contributed by atoms with E-state index in [2.05, 4.69) is 0 Å². The zero-order valence-corrected chi connectivity index (χ0v) is 8.32. The third-order valence-electron chi connectivity index (χ3n) is 3.31. The molecule has 0 radical (unpaired) electrons. The van der Waals surface area contributed by atoms with Gasteiger partial charge in [-0.25, -0.2) is 0 Å². The van der Waals surface area contributed by atoms with Crippen LogP contribution in [0.3, 0.4) is 0 Å². The largest absolute Gasteiger partial charge is 0.480 e. The van der Waals surface area contributed by atoms with E-state index in [4.69, 9.17) is 10.2 Å². The Morgan fingerprint density at radius 3 is 1.86 bits per heavy atom. The van der Waals surface area contributed by atoms with Crippen LogP contribution in [0.15, 0.2) is 0 Å². The molecule has 0 aromatic carbocycles. The maximum absolute atomic E-state index is 11.0. The van der Waals surface area contributed by atoms with Crippen LogP contribution < -0.4 is 0 Å². The molecule has 2 N–H and O–H groups in total. The van der Waals surface area contributed by atoms with E-state index in [0.29, 0.717) is 0 Å². The highest BCUT2D eigenvalue weighted by molar-refractivity contribution is 5.98. The molecule has 0 heterocycles. The van der Waals surface area contributed by atoms with Crippen LogP contribution in [-0.2, 0) is 9.59 Å². The molecule has 0 amide bonds. The summed E-state index contributed by atoms with van der Waals surface area (Å²) in [6.45, 7) is 1.33. The van der Waals surface area contributed by atoms with E-state index in [-0.39, 0.29) is 5.92 Å². The van der Waals surface area contributed by atoms with Gasteiger partial charge in [0.1, 0.15) is 0 Å². The van der Waals surface area contributed by atoms with Gasteiger partial charge in [0.25, 0.3) is 0 Å². The fourth-order valence-electron chi connectivity index (χ4n) is 2.12. The van der Waals surface area contributed by atoms with Crippen molar-refractivity contribution in [2.75, 3.05) is 0 Å². The Labute approximate surface area is 82.9 Å². The molecule has 1 saturated carbocycles. The van der Waals surface area contributed by atoms with Crippen LogP contribution in [-0.4, -0.2) is 22.2 Å². The number of rotatable bonds is 3. The number of carboxylic acids is 2. The number of hydrogen-bond acceptors (Lipinski definition) is 2. The molecule has 0 saturated heterocycles. The van der Waals surface area contributed by atoms with Gasteiger partial charge in [0.15, 0.2) is 5.41 Å². The van der Waals surface area contributed by atoms with Crippen LogP contribution in [0.25, 0.3) is 0 Å². The van der Waals surface area contributed by atoms with E-state index in [0.717, 1.165) is 32.1 Å². The van der Waals surface area contributed by atoms with Gasteiger partial charge >= 0.3 is 11.9 Å². The van der Waals surface area contributed by atoms with Crippen molar-refractivity contribution >= 4 is 11.9 Å². The molecule has 1 aliphatic carbocycles. The number of carbonyl (C=O) groups is 2. The molecule has 0 bridgehead atoms. The molecule has 1 aliphatic rings. The van der Waals surface area contributed by atoms with Crippen molar-refractivity contribution in [3.05, 3.63) is 0 Å².